The molecule has 1 aromatic heterocycles. The fourth-order valence-corrected chi connectivity index (χ4v) is 1.88. The fraction of sp³-hybridized carbons (Fsp3) is 0.214. The van der Waals surface area contributed by atoms with Crippen molar-refractivity contribution in [3.63, 3.8) is 0 Å². The molecule has 0 aliphatic rings. The summed E-state index contributed by atoms with van der Waals surface area (Å²) in [5.74, 6) is -0.0296. The van der Waals surface area contributed by atoms with Gasteiger partial charge in [0.25, 0.3) is 5.91 Å². The van der Waals surface area contributed by atoms with E-state index in [4.69, 9.17) is 11.6 Å². The molecular formula is C14H14ClN3O. The van der Waals surface area contributed by atoms with Crippen LogP contribution in [0.5, 0.6) is 0 Å². The number of halogens is 1. The molecule has 4 nitrogen and oxygen atoms in total. The Labute approximate surface area is 116 Å². The van der Waals surface area contributed by atoms with E-state index in [1.54, 1.807) is 19.1 Å². The lowest BCUT2D eigenvalue weighted by atomic mass is 10.1. The number of aromatic nitrogens is 2. The summed E-state index contributed by atoms with van der Waals surface area (Å²) < 4.78 is 0. The molecule has 0 atom stereocenters. The van der Waals surface area contributed by atoms with Gasteiger partial charge in [0.05, 0.1) is 0 Å². The van der Waals surface area contributed by atoms with Gasteiger partial charge in [-0.2, -0.15) is 0 Å². The average molecular weight is 276 g/mol. The molecule has 0 aliphatic carbocycles. The Morgan fingerprint density at radius 3 is 2.47 bits per heavy atom. The van der Waals surface area contributed by atoms with Crippen LogP contribution in [0, 0.1) is 20.8 Å². The molecule has 2 aromatic rings. The first-order chi connectivity index (χ1) is 8.95. The summed E-state index contributed by atoms with van der Waals surface area (Å²) >= 11 is 5.82. The van der Waals surface area contributed by atoms with Crippen LogP contribution in [-0.4, -0.2) is 15.9 Å². The third-order valence-corrected chi connectivity index (χ3v) is 3.01. The SMILES string of the molecule is Cc1cc(Cl)nc(NC(=O)c2ccc(C)c(C)c2)n1. The van der Waals surface area contributed by atoms with E-state index in [1.165, 1.54) is 0 Å². The maximum atomic E-state index is 12.1. The summed E-state index contributed by atoms with van der Waals surface area (Å²) in [4.78, 5) is 20.1. The van der Waals surface area contributed by atoms with E-state index >= 15 is 0 Å². The van der Waals surface area contributed by atoms with Gasteiger partial charge in [-0.15, -0.1) is 0 Å². The maximum Gasteiger partial charge on any atom is 0.258 e. The van der Waals surface area contributed by atoms with Gasteiger partial charge in [0.2, 0.25) is 5.95 Å². The van der Waals surface area contributed by atoms with Gasteiger partial charge in [0, 0.05) is 11.3 Å². The van der Waals surface area contributed by atoms with Gasteiger partial charge in [0.1, 0.15) is 5.15 Å². The van der Waals surface area contributed by atoms with Crippen molar-refractivity contribution in [1.82, 2.24) is 9.97 Å². The van der Waals surface area contributed by atoms with Gasteiger partial charge in [-0.3, -0.25) is 10.1 Å². The van der Waals surface area contributed by atoms with Crippen LogP contribution in [0.2, 0.25) is 5.15 Å². The number of carbonyl (C=O) groups is 1. The molecule has 98 valence electrons. The summed E-state index contributed by atoms with van der Waals surface area (Å²) in [6.45, 7) is 5.76. The van der Waals surface area contributed by atoms with Crippen molar-refractivity contribution in [2.24, 2.45) is 0 Å². The Kier molecular flexibility index (Phi) is 3.81. The highest BCUT2D eigenvalue weighted by atomic mass is 35.5. The second-order valence-corrected chi connectivity index (χ2v) is 4.80. The number of nitrogens with zero attached hydrogens (tertiary/aromatic N) is 2. The van der Waals surface area contributed by atoms with Crippen LogP contribution in [0.3, 0.4) is 0 Å². The Balaban J connectivity index is 2.22. The van der Waals surface area contributed by atoms with E-state index in [0.717, 1.165) is 11.1 Å². The highest BCUT2D eigenvalue weighted by Gasteiger charge is 2.09. The Morgan fingerprint density at radius 1 is 1.11 bits per heavy atom. The summed E-state index contributed by atoms with van der Waals surface area (Å²) in [6, 6.07) is 7.15. The van der Waals surface area contributed by atoms with E-state index in [0.29, 0.717) is 16.4 Å². The molecule has 0 spiro atoms. The van der Waals surface area contributed by atoms with Crippen molar-refractivity contribution in [3.8, 4) is 0 Å². The molecule has 1 heterocycles. The number of amides is 1. The van der Waals surface area contributed by atoms with E-state index in [2.05, 4.69) is 15.3 Å². The van der Waals surface area contributed by atoms with Crippen molar-refractivity contribution >= 4 is 23.5 Å². The molecule has 0 unspecified atom stereocenters. The van der Waals surface area contributed by atoms with Crippen LogP contribution in [0.4, 0.5) is 5.95 Å². The van der Waals surface area contributed by atoms with E-state index in [-0.39, 0.29) is 11.9 Å². The zero-order valence-electron chi connectivity index (χ0n) is 11.0. The minimum absolute atomic E-state index is 0.216. The van der Waals surface area contributed by atoms with Crippen molar-refractivity contribution in [2.75, 3.05) is 5.32 Å². The number of nitrogens with one attached hydrogen (secondary N) is 1. The molecule has 0 saturated carbocycles. The number of benzene rings is 1. The second-order valence-electron chi connectivity index (χ2n) is 4.41. The fourth-order valence-electron chi connectivity index (χ4n) is 1.64. The molecule has 1 amide bonds. The molecule has 5 heteroatoms. The Hall–Kier alpha value is -1.94. The van der Waals surface area contributed by atoms with Crippen molar-refractivity contribution in [1.29, 1.82) is 0 Å². The number of hydrogen-bond donors (Lipinski definition) is 1. The van der Waals surface area contributed by atoms with Gasteiger partial charge in [-0.1, -0.05) is 17.7 Å². The van der Waals surface area contributed by atoms with Crippen LogP contribution in [0.15, 0.2) is 24.3 Å². The van der Waals surface area contributed by atoms with Crippen LogP contribution in [0.25, 0.3) is 0 Å². The summed E-state index contributed by atoms with van der Waals surface area (Å²) in [5, 5.41) is 2.95. The monoisotopic (exact) mass is 275 g/mol. The van der Waals surface area contributed by atoms with Gasteiger partial charge in [0.15, 0.2) is 0 Å². The van der Waals surface area contributed by atoms with Crippen LogP contribution in [-0.2, 0) is 0 Å². The molecule has 2 rings (SSSR count). The Morgan fingerprint density at radius 2 is 1.84 bits per heavy atom. The molecule has 0 bridgehead atoms. The van der Waals surface area contributed by atoms with Crippen molar-refractivity contribution in [3.05, 3.63) is 51.8 Å². The first-order valence-corrected chi connectivity index (χ1v) is 6.23. The van der Waals surface area contributed by atoms with Gasteiger partial charge in [-0.05, 0) is 50.1 Å². The molecular weight excluding hydrogens is 262 g/mol. The molecule has 0 fully saturated rings. The van der Waals surface area contributed by atoms with Crippen molar-refractivity contribution in [2.45, 2.75) is 20.8 Å². The zero-order chi connectivity index (χ0) is 14.0. The second kappa shape index (κ2) is 5.36. The smallest absolute Gasteiger partial charge is 0.258 e. The number of rotatable bonds is 2. The predicted molar refractivity (Wildman–Crippen MR) is 75.6 cm³/mol. The number of hydrogen-bond acceptors (Lipinski definition) is 3. The lowest BCUT2D eigenvalue weighted by Crippen LogP contribution is -2.14. The van der Waals surface area contributed by atoms with Gasteiger partial charge < -0.3 is 0 Å². The summed E-state index contributed by atoms with van der Waals surface area (Å²) in [7, 11) is 0. The maximum absolute atomic E-state index is 12.1. The molecule has 1 aromatic carbocycles. The summed E-state index contributed by atoms with van der Waals surface area (Å²) in [6.07, 6.45) is 0. The van der Waals surface area contributed by atoms with Crippen LogP contribution >= 0.6 is 11.6 Å². The first kappa shape index (κ1) is 13.5. The predicted octanol–water partition coefficient (Wildman–Crippen LogP) is 3.31. The minimum Gasteiger partial charge on any atom is -0.290 e. The molecule has 1 N–H and O–H groups in total. The van der Waals surface area contributed by atoms with E-state index in [9.17, 15) is 4.79 Å². The molecule has 0 saturated heterocycles. The highest BCUT2D eigenvalue weighted by molar-refractivity contribution is 6.29. The largest absolute Gasteiger partial charge is 0.290 e. The molecule has 0 aliphatic heterocycles. The normalized spacial score (nSPS) is 10.3. The van der Waals surface area contributed by atoms with Crippen molar-refractivity contribution < 1.29 is 4.79 Å². The molecule has 19 heavy (non-hydrogen) atoms. The third-order valence-electron chi connectivity index (χ3n) is 2.82. The quantitative estimate of drug-likeness (QED) is 0.856. The van der Waals surface area contributed by atoms with E-state index < -0.39 is 0 Å². The topological polar surface area (TPSA) is 54.9 Å². The number of carbonyl (C=O) groups excluding carboxylic acids is 1. The standard InChI is InChI=1S/C14H14ClN3O/c1-8-4-5-11(6-9(8)2)13(19)18-14-16-10(3)7-12(15)17-14/h4-7H,1-3H3,(H,16,17,18,19). The summed E-state index contributed by atoms with van der Waals surface area (Å²) in [5.41, 5.74) is 3.49. The average Bonchev–Trinajstić information content (AvgIpc) is 2.31. The molecule has 0 radical (unpaired) electrons. The first-order valence-electron chi connectivity index (χ1n) is 5.85. The van der Waals surface area contributed by atoms with Gasteiger partial charge >= 0.3 is 0 Å². The van der Waals surface area contributed by atoms with Gasteiger partial charge in [-0.25, -0.2) is 9.97 Å². The third kappa shape index (κ3) is 3.29. The van der Waals surface area contributed by atoms with Crippen LogP contribution < -0.4 is 5.32 Å². The number of aryl methyl sites for hydroxylation is 3. The van der Waals surface area contributed by atoms with Crippen LogP contribution in [0.1, 0.15) is 27.2 Å². The Bertz CT molecular complexity index is 620. The lowest BCUT2D eigenvalue weighted by molar-refractivity contribution is 0.102. The number of anilines is 1. The highest BCUT2D eigenvalue weighted by Crippen LogP contribution is 2.13. The minimum atomic E-state index is -0.246. The van der Waals surface area contributed by atoms with E-state index in [1.807, 2.05) is 26.0 Å². The lowest BCUT2D eigenvalue weighted by Gasteiger charge is -2.06. The zero-order valence-corrected chi connectivity index (χ0v) is 11.7.